The summed E-state index contributed by atoms with van der Waals surface area (Å²) in [5, 5.41) is 16.4. The van der Waals surface area contributed by atoms with E-state index in [2.05, 4.69) is 10.4 Å². The Bertz CT molecular complexity index is 1280. The Kier molecular flexibility index (Phi) is 8.84. The van der Waals surface area contributed by atoms with Crippen molar-refractivity contribution in [3.8, 4) is 11.3 Å². The van der Waals surface area contributed by atoms with Gasteiger partial charge >= 0.3 is 6.18 Å². The number of alkyl halides is 3. The average molecular weight is 586 g/mol. The van der Waals surface area contributed by atoms with Crippen molar-refractivity contribution in [2.75, 3.05) is 12.8 Å². The molecule has 1 heterocycles. The Morgan fingerprint density at radius 1 is 1.26 bits per heavy atom. The summed E-state index contributed by atoms with van der Waals surface area (Å²) in [4.78, 5) is 12.9. The largest absolute Gasteiger partial charge is 0.391 e. The first-order valence-corrected chi connectivity index (χ1v) is 14.3. The smallest absolute Gasteiger partial charge is 0.388 e. The third-order valence-corrected chi connectivity index (χ3v) is 8.94. The van der Waals surface area contributed by atoms with Gasteiger partial charge in [0.1, 0.15) is 21.5 Å². The van der Waals surface area contributed by atoms with Crippen LogP contribution in [0.2, 0.25) is 5.02 Å². The van der Waals surface area contributed by atoms with E-state index in [9.17, 15) is 31.5 Å². The fourth-order valence-corrected chi connectivity index (χ4v) is 5.96. The van der Waals surface area contributed by atoms with Crippen LogP contribution in [-0.2, 0) is 22.8 Å². The second-order valence-electron chi connectivity index (χ2n) is 9.84. The monoisotopic (exact) mass is 585 g/mol. The first-order valence-electron chi connectivity index (χ1n) is 12.0. The maximum Gasteiger partial charge on any atom is 0.391 e. The SMILES string of the molecule is CCn1nc(C(=O)NCC2(O)CCC(S(C)(=O)=O)CC2)c(Cl)c1-c1c(F)cc(C[C@@H](C)C(F)(F)F)cc1F. The topological polar surface area (TPSA) is 101 Å². The molecule has 0 spiro atoms. The van der Waals surface area contributed by atoms with Crippen LogP contribution < -0.4 is 5.32 Å². The molecule has 2 aromatic rings. The number of nitrogens with one attached hydrogen (secondary N) is 1. The number of halogens is 6. The molecule has 1 atom stereocenters. The minimum atomic E-state index is -4.53. The lowest BCUT2D eigenvalue weighted by Gasteiger charge is -2.35. The third-order valence-electron chi connectivity index (χ3n) is 6.90. The maximum absolute atomic E-state index is 15.0. The van der Waals surface area contributed by atoms with E-state index in [1.54, 1.807) is 6.92 Å². The van der Waals surface area contributed by atoms with E-state index in [1.165, 1.54) is 0 Å². The van der Waals surface area contributed by atoms with Gasteiger partial charge in [-0.3, -0.25) is 9.48 Å². The molecule has 1 aromatic carbocycles. The minimum absolute atomic E-state index is 0.0604. The Labute approximate surface area is 222 Å². The molecule has 1 aliphatic carbocycles. The average Bonchev–Trinajstić information content (AvgIpc) is 3.12. The van der Waals surface area contributed by atoms with E-state index in [4.69, 9.17) is 11.6 Å². The van der Waals surface area contributed by atoms with Crippen LogP contribution in [0.15, 0.2) is 12.1 Å². The molecule has 212 valence electrons. The maximum atomic E-state index is 15.0. The molecule has 1 amide bonds. The Balaban J connectivity index is 1.82. The molecule has 1 saturated carbocycles. The van der Waals surface area contributed by atoms with Crippen molar-refractivity contribution in [3.05, 3.63) is 40.0 Å². The highest BCUT2D eigenvalue weighted by molar-refractivity contribution is 7.91. The van der Waals surface area contributed by atoms with Crippen LogP contribution in [0.5, 0.6) is 0 Å². The molecule has 3 rings (SSSR count). The number of hydrogen-bond donors (Lipinski definition) is 2. The molecule has 14 heteroatoms. The molecule has 0 aliphatic heterocycles. The molecule has 1 fully saturated rings. The van der Waals surface area contributed by atoms with Crippen LogP contribution in [0.25, 0.3) is 11.3 Å². The van der Waals surface area contributed by atoms with E-state index in [0.29, 0.717) is 0 Å². The van der Waals surface area contributed by atoms with Gasteiger partial charge in [0.2, 0.25) is 0 Å². The normalized spacial score (nSPS) is 21.4. The Morgan fingerprint density at radius 3 is 2.29 bits per heavy atom. The summed E-state index contributed by atoms with van der Waals surface area (Å²) in [5.41, 5.74) is -2.78. The van der Waals surface area contributed by atoms with Gasteiger partial charge < -0.3 is 10.4 Å². The Hall–Kier alpha value is -2.25. The predicted molar refractivity (Wildman–Crippen MR) is 132 cm³/mol. The molecule has 1 aliphatic rings. The fourth-order valence-electron chi connectivity index (χ4n) is 4.55. The van der Waals surface area contributed by atoms with Crippen molar-refractivity contribution in [1.29, 1.82) is 0 Å². The van der Waals surface area contributed by atoms with E-state index in [0.717, 1.165) is 30.0 Å². The highest BCUT2D eigenvalue weighted by Crippen LogP contribution is 2.37. The van der Waals surface area contributed by atoms with Crippen molar-refractivity contribution in [3.63, 3.8) is 0 Å². The lowest BCUT2D eigenvalue weighted by atomic mass is 9.84. The summed E-state index contributed by atoms with van der Waals surface area (Å²) >= 11 is 6.34. The summed E-state index contributed by atoms with van der Waals surface area (Å²) in [6.45, 7) is 2.34. The zero-order chi connectivity index (χ0) is 28.6. The van der Waals surface area contributed by atoms with E-state index >= 15 is 8.78 Å². The standard InChI is InChI=1S/C24H29ClF5N3O4S/c1-4-33-21(18-16(26)10-14(11-17(18)27)9-13(2)24(28,29)30)19(25)20(32-33)22(34)31-12-23(35)7-5-15(6-8-23)38(3,36)37/h10-11,13,15,35H,4-9,12H2,1-3H3,(H,31,34)/t13-,15?,23?/m1/s1. The van der Waals surface area contributed by atoms with E-state index in [-0.39, 0.29) is 60.7 Å². The lowest BCUT2D eigenvalue weighted by Crippen LogP contribution is -2.47. The molecule has 1 aromatic heterocycles. The summed E-state index contributed by atoms with van der Waals surface area (Å²) in [7, 11) is -3.25. The number of amides is 1. The zero-order valence-corrected chi connectivity index (χ0v) is 22.6. The zero-order valence-electron chi connectivity index (χ0n) is 21.0. The van der Waals surface area contributed by atoms with Gasteiger partial charge in [0.15, 0.2) is 5.69 Å². The van der Waals surface area contributed by atoms with Crippen molar-refractivity contribution in [2.24, 2.45) is 5.92 Å². The molecule has 0 saturated heterocycles. The second-order valence-corrected chi connectivity index (χ2v) is 12.5. The van der Waals surface area contributed by atoms with Gasteiger partial charge in [-0.1, -0.05) is 18.5 Å². The number of nitrogens with zero attached hydrogens (tertiary/aromatic N) is 2. The number of aliphatic hydroxyl groups is 1. The van der Waals surface area contributed by atoms with Crippen LogP contribution in [0.4, 0.5) is 22.0 Å². The summed E-state index contributed by atoms with van der Waals surface area (Å²) in [6.07, 6.45) is -3.27. The minimum Gasteiger partial charge on any atom is -0.388 e. The van der Waals surface area contributed by atoms with Gasteiger partial charge in [-0.15, -0.1) is 0 Å². The van der Waals surface area contributed by atoms with Gasteiger partial charge in [0, 0.05) is 19.3 Å². The number of carbonyl (C=O) groups excluding carboxylic acids is 1. The molecule has 38 heavy (non-hydrogen) atoms. The number of aryl methyl sites for hydroxylation is 1. The van der Waals surface area contributed by atoms with Crippen molar-refractivity contribution in [2.45, 2.75) is 69.5 Å². The number of aromatic nitrogens is 2. The van der Waals surface area contributed by atoms with Gasteiger partial charge in [-0.05, 0) is 56.7 Å². The first kappa shape index (κ1) is 30.3. The van der Waals surface area contributed by atoms with Crippen LogP contribution in [0, 0.1) is 17.6 Å². The molecule has 0 unspecified atom stereocenters. The lowest BCUT2D eigenvalue weighted by molar-refractivity contribution is -0.169. The van der Waals surface area contributed by atoms with Gasteiger partial charge in [0.05, 0.1) is 33.0 Å². The number of benzene rings is 1. The molecule has 2 N–H and O–H groups in total. The van der Waals surface area contributed by atoms with Crippen molar-refractivity contribution >= 4 is 27.3 Å². The summed E-state index contributed by atoms with van der Waals surface area (Å²) in [6, 6.07) is 1.60. The number of sulfone groups is 1. The second kappa shape index (κ2) is 11.1. The first-order chi connectivity index (χ1) is 17.5. The third kappa shape index (κ3) is 6.66. The predicted octanol–water partition coefficient (Wildman–Crippen LogP) is 4.69. The number of rotatable bonds is 8. The van der Waals surface area contributed by atoms with E-state index < -0.39 is 62.3 Å². The Morgan fingerprint density at radius 2 is 1.82 bits per heavy atom. The van der Waals surface area contributed by atoms with Crippen molar-refractivity contribution in [1.82, 2.24) is 15.1 Å². The molecular weight excluding hydrogens is 557 g/mol. The molecule has 0 bridgehead atoms. The number of carbonyl (C=O) groups is 1. The summed E-state index contributed by atoms with van der Waals surface area (Å²) < 4.78 is 93.3. The van der Waals surface area contributed by atoms with Crippen molar-refractivity contribution < 1.29 is 40.3 Å². The molecule has 0 radical (unpaired) electrons. The van der Waals surface area contributed by atoms with Crippen LogP contribution >= 0.6 is 11.6 Å². The van der Waals surface area contributed by atoms with Gasteiger partial charge in [-0.25, -0.2) is 17.2 Å². The highest BCUT2D eigenvalue weighted by atomic mass is 35.5. The fraction of sp³-hybridized carbons (Fsp3) is 0.583. The summed E-state index contributed by atoms with van der Waals surface area (Å²) in [5.74, 6) is -4.95. The van der Waals surface area contributed by atoms with Crippen LogP contribution in [0.1, 0.15) is 55.6 Å². The molecule has 7 nitrogen and oxygen atoms in total. The van der Waals surface area contributed by atoms with E-state index in [1.807, 2.05) is 0 Å². The molecular formula is C24H29ClF5N3O4S. The highest BCUT2D eigenvalue weighted by Gasteiger charge is 2.38. The number of hydrogen-bond acceptors (Lipinski definition) is 5. The van der Waals surface area contributed by atoms with Crippen LogP contribution in [-0.4, -0.2) is 59.0 Å². The van der Waals surface area contributed by atoms with Gasteiger partial charge in [0.25, 0.3) is 5.91 Å². The van der Waals surface area contributed by atoms with Gasteiger partial charge in [-0.2, -0.15) is 18.3 Å². The van der Waals surface area contributed by atoms with Crippen LogP contribution in [0.3, 0.4) is 0 Å². The quantitative estimate of drug-likeness (QED) is 0.438.